The van der Waals surface area contributed by atoms with Gasteiger partial charge in [-0.3, -0.25) is 0 Å². The summed E-state index contributed by atoms with van der Waals surface area (Å²) in [5.74, 6) is 0. The van der Waals surface area contributed by atoms with Gasteiger partial charge in [0, 0.05) is 19.7 Å². The quantitative estimate of drug-likeness (QED) is 0.513. The van der Waals surface area contributed by atoms with E-state index in [0.717, 1.165) is 12.8 Å². The van der Waals surface area contributed by atoms with E-state index < -0.39 is 18.7 Å². The molecule has 3 nitrogen and oxygen atoms in total. The lowest BCUT2D eigenvalue weighted by Crippen LogP contribution is -2.32. The number of hydrogen-bond acceptors (Lipinski definition) is 3. The van der Waals surface area contributed by atoms with Crippen molar-refractivity contribution in [2.45, 2.75) is 64.1 Å². The van der Waals surface area contributed by atoms with Crippen molar-refractivity contribution in [3.63, 3.8) is 0 Å². The summed E-state index contributed by atoms with van der Waals surface area (Å²) in [6, 6.07) is 0. The molecule has 0 bridgehead atoms. The zero-order valence-corrected chi connectivity index (χ0v) is 12.3. The minimum absolute atomic E-state index is 0.132. The van der Waals surface area contributed by atoms with Crippen molar-refractivity contribution >= 4 is 0 Å². The van der Waals surface area contributed by atoms with Crippen LogP contribution >= 0.6 is 0 Å². The lowest BCUT2D eigenvalue weighted by atomic mass is 10.1. The van der Waals surface area contributed by atoms with Crippen LogP contribution in [0.4, 0.5) is 13.2 Å². The summed E-state index contributed by atoms with van der Waals surface area (Å²) < 4.78 is 40.8. The molecule has 0 radical (unpaired) electrons. The Balaban J connectivity index is 3.22. The maximum Gasteiger partial charge on any atom is 0.390 e. The van der Waals surface area contributed by atoms with Crippen LogP contribution < -0.4 is 5.32 Å². The fourth-order valence-corrected chi connectivity index (χ4v) is 1.76. The zero-order chi connectivity index (χ0) is 15.3. The lowest BCUT2D eigenvalue weighted by molar-refractivity contribution is -0.133. The number of aliphatic hydroxyl groups is 1. The van der Waals surface area contributed by atoms with Crippen LogP contribution in [0.15, 0.2) is 0 Å². The number of ether oxygens (including phenoxy) is 1. The van der Waals surface area contributed by atoms with Gasteiger partial charge in [0.1, 0.15) is 0 Å². The van der Waals surface area contributed by atoms with E-state index in [-0.39, 0.29) is 19.7 Å². The van der Waals surface area contributed by atoms with Crippen LogP contribution in [0.25, 0.3) is 0 Å². The number of nitrogens with one attached hydrogen (secondary N) is 1. The monoisotopic (exact) mass is 299 g/mol. The molecule has 0 rings (SSSR count). The van der Waals surface area contributed by atoms with E-state index in [2.05, 4.69) is 12.2 Å². The Bertz CT molecular complexity index is 213. The smallest absolute Gasteiger partial charge is 0.389 e. The van der Waals surface area contributed by atoms with Crippen LogP contribution in [-0.2, 0) is 4.74 Å². The molecular formula is C14H28F3NO2. The van der Waals surface area contributed by atoms with Gasteiger partial charge in [-0.15, -0.1) is 0 Å². The van der Waals surface area contributed by atoms with Gasteiger partial charge in [0.15, 0.2) is 0 Å². The van der Waals surface area contributed by atoms with Crippen LogP contribution in [0.3, 0.4) is 0 Å². The van der Waals surface area contributed by atoms with Crippen LogP contribution in [0.1, 0.15) is 51.9 Å². The van der Waals surface area contributed by atoms with E-state index in [1.54, 1.807) is 0 Å². The fraction of sp³-hybridized carbons (Fsp3) is 1.00. The Kier molecular flexibility index (Phi) is 12.2. The third kappa shape index (κ3) is 15.7. The first-order valence-corrected chi connectivity index (χ1v) is 7.49. The molecule has 0 aliphatic carbocycles. The Labute approximate surface area is 119 Å². The molecule has 1 unspecified atom stereocenters. The second-order valence-corrected chi connectivity index (χ2v) is 5.07. The van der Waals surface area contributed by atoms with Crippen molar-refractivity contribution in [3.8, 4) is 0 Å². The summed E-state index contributed by atoms with van der Waals surface area (Å²) in [5.41, 5.74) is 0. The minimum atomic E-state index is -4.15. The maximum absolute atomic E-state index is 11.9. The van der Waals surface area contributed by atoms with E-state index in [9.17, 15) is 18.3 Å². The molecule has 1 atom stereocenters. The molecule has 0 saturated heterocycles. The molecule has 0 aromatic carbocycles. The molecule has 20 heavy (non-hydrogen) atoms. The average Bonchev–Trinajstić information content (AvgIpc) is 2.37. The number of hydrogen-bond donors (Lipinski definition) is 2. The lowest BCUT2D eigenvalue weighted by Gasteiger charge is -2.13. The third-order valence-corrected chi connectivity index (χ3v) is 2.92. The molecule has 0 fully saturated rings. The van der Waals surface area contributed by atoms with Crippen molar-refractivity contribution in [2.24, 2.45) is 0 Å². The Morgan fingerprint density at radius 3 is 2.40 bits per heavy atom. The van der Waals surface area contributed by atoms with Gasteiger partial charge in [-0.25, -0.2) is 0 Å². The van der Waals surface area contributed by atoms with Crippen LogP contribution in [0.5, 0.6) is 0 Å². The molecule has 0 aliphatic rings. The van der Waals surface area contributed by atoms with Gasteiger partial charge in [0.05, 0.1) is 19.1 Å². The minimum Gasteiger partial charge on any atom is -0.389 e. The van der Waals surface area contributed by atoms with Crippen LogP contribution in [-0.4, -0.2) is 43.7 Å². The molecule has 0 spiro atoms. The first-order valence-electron chi connectivity index (χ1n) is 7.49. The van der Waals surface area contributed by atoms with E-state index in [1.807, 2.05) is 0 Å². The fourth-order valence-electron chi connectivity index (χ4n) is 1.76. The molecule has 122 valence electrons. The first kappa shape index (κ1) is 19.7. The summed E-state index contributed by atoms with van der Waals surface area (Å²) >= 11 is 0. The Morgan fingerprint density at radius 1 is 1.10 bits per heavy atom. The maximum atomic E-state index is 11.9. The normalized spacial score (nSPS) is 13.7. The predicted molar refractivity (Wildman–Crippen MR) is 73.7 cm³/mol. The van der Waals surface area contributed by atoms with Gasteiger partial charge in [-0.05, 0) is 6.42 Å². The van der Waals surface area contributed by atoms with Gasteiger partial charge in [-0.1, -0.05) is 39.0 Å². The molecule has 0 amide bonds. The van der Waals surface area contributed by atoms with Crippen molar-refractivity contribution in [1.29, 1.82) is 0 Å². The molecule has 0 aromatic heterocycles. The molecule has 6 heteroatoms. The zero-order valence-electron chi connectivity index (χ0n) is 12.3. The highest BCUT2D eigenvalue weighted by Gasteiger charge is 2.25. The first-order chi connectivity index (χ1) is 9.45. The van der Waals surface area contributed by atoms with Crippen LogP contribution in [0, 0.1) is 0 Å². The highest BCUT2D eigenvalue weighted by Crippen LogP contribution is 2.18. The van der Waals surface area contributed by atoms with E-state index in [4.69, 9.17) is 4.74 Å². The van der Waals surface area contributed by atoms with Crippen molar-refractivity contribution < 1.29 is 23.0 Å². The molecule has 0 heterocycles. The van der Waals surface area contributed by atoms with Crippen molar-refractivity contribution in [3.05, 3.63) is 0 Å². The van der Waals surface area contributed by atoms with Gasteiger partial charge in [-0.2, -0.15) is 13.2 Å². The van der Waals surface area contributed by atoms with E-state index in [0.29, 0.717) is 6.61 Å². The van der Waals surface area contributed by atoms with Gasteiger partial charge < -0.3 is 15.2 Å². The van der Waals surface area contributed by atoms with E-state index >= 15 is 0 Å². The van der Waals surface area contributed by atoms with Gasteiger partial charge >= 0.3 is 6.18 Å². The van der Waals surface area contributed by atoms with Gasteiger partial charge in [0.25, 0.3) is 0 Å². The number of alkyl halides is 3. The predicted octanol–water partition coefficient (Wildman–Crippen LogP) is 3.27. The molecular weight excluding hydrogens is 271 g/mol. The van der Waals surface area contributed by atoms with Crippen molar-refractivity contribution in [1.82, 2.24) is 5.32 Å². The summed E-state index contributed by atoms with van der Waals surface area (Å²) in [6.07, 6.45) is 1.28. The summed E-state index contributed by atoms with van der Waals surface area (Å²) in [7, 11) is 0. The molecule has 2 N–H and O–H groups in total. The van der Waals surface area contributed by atoms with Crippen molar-refractivity contribution in [2.75, 3.05) is 26.3 Å². The number of rotatable bonds is 13. The second-order valence-electron chi connectivity index (χ2n) is 5.07. The summed E-state index contributed by atoms with van der Waals surface area (Å²) in [4.78, 5) is 0. The summed E-state index contributed by atoms with van der Waals surface area (Å²) in [6.45, 7) is 2.91. The SMILES string of the molecule is CCCCCCCCOCC(O)CNCCC(F)(F)F. The number of unbranched alkanes of at least 4 members (excludes halogenated alkanes) is 5. The average molecular weight is 299 g/mol. The van der Waals surface area contributed by atoms with E-state index in [1.165, 1.54) is 25.7 Å². The molecule has 0 aliphatic heterocycles. The standard InChI is InChI=1S/C14H28F3NO2/c1-2-3-4-5-6-7-10-20-12-13(19)11-18-9-8-14(15,16)17/h13,18-19H,2-12H2,1H3. The number of aliphatic hydroxyl groups excluding tert-OH is 1. The third-order valence-electron chi connectivity index (χ3n) is 2.92. The largest absolute Gasteiger partial charge is 0.390 e. The summed E-state index contributed by atoms with van der Waals surface area (Å²) in [5, 5.41) is 12.0. The highest BCUT2D eigenvalue weighted by molar-refractivity contribution is 4.60. The van der Waals surface area contributed by atoms with Gasteiger partial charge in [0.2, 0.25) is 0 Å². The Hall–Kier alpha value is -0.330. The molecule has 0 saturated carbocycles. The second kappa shape index (κ2) is 12.4. The highest BCUT2D eigenvalue weighted by atomic mass is 19.4. The molecule has 0 aromatic rings. The number of halogens is 3. The topological polar surface area (TPSA) is 41.5 Å². The van der Waals surface area contributed by atoms with Crippen LogP contribution in [0.2, 0.25) is 0 Å². The Morgan fingerprint density at radius 2 is 1.75 bits per heavy atom.